The van der Waals surface area contributed by atoms with Crippen LogP contribution in [-0.4, -0.2) is 25.9 Å². The van der Waals surface area contributed by atoms with Gasteiger partial charge in [-0.1, -0.05) is 20.8 Å². The Bertz CT molecular complexity index is 523. The minimum Gasteiger partial charge on any atom is -0.299 e. The van der Waals surface area contributed by atoms with Crippen molar-refractivity contribution in [1.29, 1.82) is 0 Å². The molecule has 19 heavy (non-hydrogen) atoms. The van der Waals surface area contributed by atoms with Gasteiger partial charge in [-0.25, -0.2) is 8.42 Å². The van der Waals surface area contributed by atoms with Crippen molar-refractivity contribution in [2.24, 2.45) is 16.7 Å². The Morgan fingerprint density at radius 1 is 1.42 bits per heavy atom. The molecule has 5 nitrogen and oxygen atoms in total. The lowest BCUT2D eigenvalue weighted by molar-refractivity contribution is -0.128. The van der Waals surface area contributed by atoms with E-state index in [-0.39, 0.29) is 29.3 Å². The molecule has 0 radical (unpaired) electrons. The van der Waals surface area contributed by atoms with Gasteiger partial charge in [0.05, 0.1) is 11.2 Å². The highest BCUT2D eigenvalue weighted by Gasteiger charge is 2.65. The highest BCUT2D eigenvalue weighted by molar-refractivity contribution is 7.90. The minimum absolute atomic E-state index is 0.0445. The fourth-order valence-electron chi connectivity index (χ4n) is 3.71. The molecular weight excluding hydrogens is 266 g/mol. The third-order valence-electron chi connectivity index (χ3n) is 5.17. The minimum atomic E-state index is -3.74. The number of amides is 1. The van der Waals surface area contributed by atoms with Crippen molar-refractivity contribution in [3.8, 4) is 0 Å². The van der Waals surface area contributed by atoms with E-state index in [9.17, 15) is 18.0 Å². The second-order valence-electron chi connectivity index (χ2n) is 6.30. The number of carbonyl (C=O) groups is 2. The van der Waals surface area contributed by atoms with Crippen molar-refractivity contribution in [2.75, 3.05) is 5.75 Å². The summed E-state index contributed by atoms with van der Waals surface area (Å²) in [5.74, 6) is -0.456. The Labute approximate surface area is 114 Å². The van der Waals surface area contributed by atoms with Gasteiger partial charge in [-0.05, 0) is 24.2 Å². The summed E-state index contributed by atoms with van der Waals surface area (Å²) in [5, 5.41) is 0. The van der Waals surface area contributed by atoms with Gasteiger partial charge in [0.1, 0.15) is 5.78 Å². The van der Waals surface area contributed by atoms with E-state index >= 15 is 0 Å². The van der Waals surface area contributed by atoms with Crippen LogP contribution in [0.4, 0.5) is 0 Å². The summed E-state index contributed by atoms with van der Waals surface area (Å²) >= 11 is 0. The topological polar surface area (TPSA) is 80.3 Å². The van der Waals surface area contributed by atoms with Crippen LogP contribution in [0, 0.1) is 16.7 Å². The first kappa shape index (κ1) is 14.5. The molecule has 2 aliphatic carbocycles. The SMILES string of the molecule is CCC(=O)NS(=O)(=O)CC12CCC(CC1=O)C2(C)C. The summed E-state index contributed by atoms with van der Waals surface area (Å²) in [4.78, 5) is 23.5. The summed E-state index contributed by atoms with van der Waals surface area (Å²) in [6, 6.07) is 0. The molecule has 0 spiro atoms. The van der Waals surface area contributed by atoms with E-state index in [1.54, 1.807) is 6.92 Å². The first-order chi connectivity index (χ1) is 8.64. The lowest BCUT2D eigenvalue weighted by Crippen LogP contribution is -2.46. The Balaban J connectivity index is 2.27. The number of hydrogen-bond acceptors (Lipinski definition) is 4. The molecule has 0 aliphatic heterocycles. The third-order valence-corrected chi connectivity index (χ3v) is 6.58. The number of hydrogen-bond donors (Lipinski definition) is 1. The monoisotopic (exact) mass is 287 g/mol. The van der Waals surface area contributed by atoms with Gasteiger partial charge in [0.2, 0.25) is 15.9 Å². The molecule has 2 aliphatic rings. The van der Waals surface area contributed by atoms with E-state index in [4.69, 9.17) is 0 Å². The lowest BCUT2D eigenvalue weighted by atomic mass is 9.70. The molecule has 2 atom stereocenters. The van der Waals surface area contributed by atoms with Crippen LogP contribution in [0.1, 0.15) is 46.5 Å². The Kier molecular flexibility index (Phi) is 3.28. The Morgan fingerprint density at radius 3 is 2.47 bits per heavy atom. The maximum atomic E-state index is 12.2. The molecule has 108 valence electrons. The van der Waals surface area contributed by atoms with E-state index in [0.29, 0.717) is 12.8 Å². The summed E-state index contributed by atoms with van der Waals surface area (Å²) in [7, 11) is -3.74. The quantitative estimate of drug-likeness (QED) is 0.843. The van der Waals surface area contributed by atoms with E-state index in [1.807, 2.05) is 18.6 Å². The number of carbonyl (C=O) groups excluding carboxylic acids is 2. The van der Waals surface area contributed by atoms with Crippen molar-refractivity contribution in [3.63, 3.8) is 0 Å². The van der Waals surface area contributed by atoms with Gasteiger partial charge in [0.25, 0.3) is 0 Å². The normalized spacial score (nSPS) is 32.6. The van der Waals surface area contributed by atoms with Gasteiger partial charge in [0, 0.05) is 12.8 Å². The zero-order chi connectivity index (χ0) is 14.5. The fourth-order valence-corrected chi connectivity index (χ4v) is 5.60. The van der Waals surface area contributed by atoms with E-state index in [0.717, 1.165) is 6.42 Å². The number of Topliss-reactive ketones (excluding diaryl/α,β-unsaturated/α-hetero) is 1. The zero-order valence-corrected chi connectivity index (χ0v) is 12.5. The van der Waals surface area contributed by atoms with Crippen molar-refractivity contribution < 1.29 is 18.0 Å². The fraction of sp³-hybridized carbons (Fsp3) is 0.846. The van der Waals surface area contributed by atoms with Crippen molar-refractivity contribution in [3.05, 3.63) is 0 Å². The number of nitrogens with one attached hydrogen (secondary N) is 1. The predicted octanol–water partition coefficient (Wildman–Crippen LogP) is 1.24. The van der Waals surface area contributed by atoms with Crippen LogP contribution < -0.4 is 4.72 Å². The molecule has 1 amide bonds. The molecule has 2 saturated carbocycles. The van der Waals surface area contributed by atoms with Crippen molar-refractivity contribution in [2.45, 2.75) is 46.5 Å². The summed E-state index contributed by atoms with van der Waals surface area (Å²) in [5.41, 5.74) is -1.11. The van der Waals surface area contributed by atoms with Gasteiger partial charge in [0.15, 0.2) is 0 Å². The molecule has 0 aromatic rings. The Hall–Kier alpha value is -0.910. The number of fused-ring (bicyclic) bond motifs is 2. The zero-order valence-electron chi connectivity index (χ0n) is 11.7. The van der Waals surface area contributed by atoms with Crippen molar-refractivity contribution >= 4 is 21.7 Å². The van der Waals surface area contributed by atoms with Crippen LogP contribution >= 0.6 is 0 Å². The maximum absolute atomic E-state index is 12.2. The first-order valence-electron chi connectivity index (χ1n) is 6.71. The predicted molar refractivity (Wildman–Crippen MR) is 70.8 cm³/mol. The smallest absolute Gasteiger partial charge is 0.235 e. The van der Waals surface area contributed by atoms with Crippen LogP contribution in [0.2, 0.25) is 0 Å². The molecule has 0 aromatic carbocycles. The highest BCUT2D eigenvalue weighted by Crippen LogP contribution is 2.64. The molecule has 6 heteroatoms. The standard InChI is InChI=1S/C13H21NO4S/c1-4-11(16)14-19(17,18)8-13-6-5-9(7-10(13)15)12(13,2)3/h9H,4-8H2,1-3H3,(H,14,16). The van der Waals surface area contributed by atoms with Crippen LogP contribution in [0.3, 0.4) is 0 Å². The molecule has 2 bridgehead atoms. The summed E-state index contributed by atoms with van der Waals surface area (Å²) < 4.78 is 26.2. The average molecular weight is 287 g/mol. The molecule has 2 unspecified atom stereocenters. The summed E-state index contributed by atoms with van der Waals surface area (Å²) in [6.07, 6.45) is 2.11. The van der Waals surface area contributed by atoms with E-state index < -0.39 is 21.3 Å². The van der Waals surface area contributed by atoms with Gasteiger partial charge in [-0.15, -0.1) is 0 Å². The van der Waals surface area contributed by atoms with E-state index in [1.165, 1.54) is 0 Å². The van der Waals surface area contributed by atoms with Crippen LogP contribution in [0.25, 0.3) is 0 Å². The molecular formula is C13H21NO4S. The van der Waals surface area contributed by atoms with E-state index in [2.05, 4.69) is 0 Å². The Morgan fingerprint density at radius 2 is 2.05 bits per heavy atom. The second kappa shape index (κ2) is 4.30. The third kappa shape index (κ3) is 2.10. The van der Waals surface area contributed by atoms with Crippen LogP contribution in [0.5, 0.6) is 0 Å². The molecule has 0 aromatic heterocycles. The highest BCUT2D eigenvalue weighted by atomic mass is 32.2. The van der Waals surface area contributed by atoms with Gasteiger partial charge in [-0.2, -0.15) is 0 Å². The average Bonchev–Trinajstić information content (AvgIpc) is 2.61. The summed E-state index contributed by atoms with van der Waals surface area (Å²) in [6.45, 7) is 5.55. The maximum Gasteiger partial charge on any atom is 0.235 e. The van der Waals surface area contributed by atoms with Crippen molar-refractivity contribution in [1.82, 2.24) is 4.72 Å². The molecule has 2 fully saturated rings. The first-order valence-corrected chi connectivity index (χ1v) is 8.36. The van der Waals surface area contributed by atoms with Gasteiger partial charge in [-0.3, -0.25) is 14.3 Å². The number of sulfonamides is 1. The van der Waals surface area contributed by atoms with Gasteiger partial charge < -0.3 is 0 Å². The lowest BCUT2D eigenvalue weighted by Gasteiger charge is -2.36. The second-order valence-corrected chi connectivity index (χ2v) is 8.03. The molecule has 2 rings (SSSR count). The molecule has 0 heterocycles. The number of ketones is 1. The van der Waals surface area contributed by atoms with Crippen LogP contribution in [-0.2, 0) is 19.6 Å². The van der Waals surface area contributed by atoms with Crippen LogP contribution in [0.15, 0.2) is 0 Å². The largest absolute Gasteiger partial charge is 0.299 e. The molecule has 0 saturated heterocycles. The number of rotatable bonds is 4. The van der Waals surface area contributed by atoms with Gasteiger partial charge >= 0.3 is 0 Å². The molecule has 1 N–H and O–H groups in total.